The van der Waals surface area contributed by atoms with Crippen LogP contribution in [0.15, 0.2) is 0 Å². The van der Waals surface area contributed by atoms with Crippen LogP contribution in [0.5, 0.6) is 0 Å². The van der Waals surface area contributed by atoms with E-state index >= 15 is 0 Å². The van der Waals surface area contributed by atoms with Crippen molar-refractivity contribution in [3.8, 4) is 0 Å². The molecule has 0 saturated heterocycles. The summed E-state index contributed by atoms with van der Waals surface area (Å²) in [6.45, 7) is 0. The third-order valence-electron chi connectivity index (χ3n) is 3.20. The molecule has 4 atom stereocenters. The second-order valence-electron chi connectivity index (χ2n) is 4.17. The third kappa shape index (κ3) is 2.58. The van der Waals surface area contributed by atoms with Crippen molar-refractivity contribution in [3.63, 3.8) is 0 Å². The summed E-state index contributed by atoms with van der Waals surface area (Å²) >= 11 is 0. The SMILES string of the molecule is O=C([O-])[C@H]1C[C@H](C(=O)[O-])[C@H](C(=O)[O-])C[C@@H]1C(=O)[O-]. The molecular weight excluding hydrogens is 248 g/mol. The van der Waals surface area contributed by atoms with Gasteiger partial charge in [0.1, 0.15) is 0 Å². The summed E-state index contributed by atoms with van der Waals surface area (Å²) in [6.07, 6.45) is -1.38. The number of aliphatic carboxylic acids is 4. The van der Waals surface area contributed by atoms with Crippen LogP contribution in [0.1, 0.15) is 12.8 Å². The minimum atomic E-state index is -1.76. The predicted molar refractivity (Wildman–Crippen MR) is 43.2 cm³/mol. The number of carboxylic acids is 4. The Labute approximate surface area is 101 Å². The zero-order chi connectivity index (χ0) is 14.0. The first kappa shape index (κ1) is 13.9. The molecule has 0 unspecified atom stereocenters. The zero-order valence-corrected chi connectivity index (χ0v) is 8.99. The smallest absolute Gasteiger partial charge is 0.0452 e. The highest BCUT2D eigenvalue weighted by molar-refractivity contribution is 5.83. The molecule has 8 heteroatoms. The molecule has 0 radical (unpaired) electrons. The Morgan fingerprint density at radius 3 is 0.833 bits per heavy atom. The molecule has 0 aromatic heterocycles. The molecule has 0 aliphatic heterocycles. The normalized spacial score (nSPS) is 31.6. The first-order valence-electron chi connectivity index (χ1n) is 5.09. The van der Waals surface area contributed by atoms with Crippen molar-refractivity contribution in [1.29, 1.82) is 0 Å². The monoisotopic (exact) mass is 256 g/mol. The van der Waals surface area contributed by atoms with Crippen LogP contribution in [0.4, 0.5) is 0 Å². The van der Waals surface area contributed by atoms with Gasteiger partial charge >= 0.3 is 0 Å². The summed E-state index contributed by atoms with van der Waals surface area (Å²) in [5.41, 5.74) is 0. The molecule has 18 heavy (non-hydrogen) atoms. The Hall–Kier alpha value is -2.12. The zero-order valence-electron chi connectivity index (χ0n) is 8.99. The van der Waals surface area contributed by atoms with E-state index in [2.05, 4.69) is 0 Å². The molecule has 1 aliphatic carbocycles. The van der Waals surface area contributed by atoms with Gasteiger partial charge in [0, 0.05) is 47.5 Å². The number of carbonyl (C=O) groups is 4. The highest BCUT2D eigenvalue weighted by Gasteiger charge is 2.39. The molecule has 0 heterocycles. The quantitative estimate of drug-likeness (QED) is 0.480. The van der Waals surface area contributed by atoms with Crippen molar-refractivity contribution in [2.24, 2.45) is 23.7 Å². The van der Waals surface area contributed by atoms with Crippen LogP contribution in [0.2, 0.25) is 0 Å². The summed E-state index contributed by atoms with van der Waals surface area (Å²) in [5.74, 6) is -13.5. The van der Waals surface area contributed by atoms with Gasteiger partial charge in [-0.15, -0.1) is 0 Å². The van der Waals surface area contributed by atoms with Gasteiger partial charge in [-0.2, -0.15) is 0 Å². The van der Waals surface area contributed by atoms with Crippen LogP contribution in [-0.4, -0.2) is 23.9 Å². The summed E-state index contributed by atoms with van der Waals surface area (Å²) in [6, 6.07) is 0. The van der Waals surface area contributed by atoms with E-state index in [1.807, 2.05) is 0 Å². The van der Waals surface area contributed by atoms with E-state index in [1.54, 1.807) is 0 Å². The van der Waals surface area contributed by atoms with Crippen molar-refractivity contribution < 1.29 is 39.6 Å². The first-order chi connectivity index (χ1) is 8.25. The lowest BCUT2D eigenvalue weighted by Crippen LogP contribution is -2.55. The Kier molecular flexibility index (Phi) is 3.89. The number of rotatable bonds is 4. The fourth-order valence-electron chi connectivity index (χ4n) is 2.25. The predicted octanol–water partition coefficient (Wildman–Crippen LogP) is -5.76. The molecule has 100 valence electrons. The van der Waals surface area contributed by atoms with Gasteiger partial charge in [-0.25, -0.2) is 0 Å². The van der Waals surface area contributed by atoms with Gasteiger partial charge in [0.05, 0.1) is 0 Å². The van der Waals surface area contributed by atoms with Crippen molar-refractivity contribution in [1.82, 2.24) is 0 Å². The van der Waals surface area contributed by atoms with Crippen molar-refractivity contribution in [2.45, 2.75) is 12.8 Å². The van der Waals surface area contributed by atoms with E-state index in [4.69, 9.17) is 0 Å². The maximum atomic E-state index is 10.7. The fourth-order valence-corrected chi connectivity index (χ4v) is 2.25. The molecule has 1 aliphatic rings. The number of carboxylic acid groups (broad SMARTS) is 4. The minimum absolute atomic E-state index is 0.692. The largest absolute Gasteiger partial charge is 0.550 e. The van der Waals surface area contributed by atoms with Crippen LogP contribution >= 0.6 is 0 Å². The van der Waals surface area contributed by atoms with E-state index in [9.17, 15) is 39.6 Å². The average molecular weight is 256 g/mol. The minimum Gasteiger partial charge on any atom is -0.550 e. The third-order valence-corrected chi connectivity index (χ3v) is 3.20. The molecule has 0 amide bonds. The Balaban J connectivity index is 3.06. The highest BCUT2D eigenvalue weighted by Crippen LogP contribution is 2.37. The maximum absolute atomic E-state index is 10.7. The Morgan fingerprint density at radius 2 is 0.722 bits per heavy atom. The van der Waals surface area contributed by atoms with E-state index in [1.165, 1.54) is 0 Å². The van der Waals surface area contributed by atoms with Crippen LogP contribution in [0.3, 0.4) is 0 Å². The van der Waals surface area contributed by atoms with Crippen LogP contribution in [-0.2, 0) is 19.2 Å². The summed E-state index contributed by atoms with van der Waals surface area (Å²) in [4.78, 5) is 42.9. The van der Waals surface area contributed by atoms with E-state index in [0.717, 1.165) is 0 Å². The van der Waals surface area contributed by atoms with Crippen LogP contribution < -0.4 is 20.4 Å². The van der Waals surface area contributed by atoms with Crippen LogP contribution in [0, 0.1) is 23.7 Å². The molecule has 0 aromatic carbocycles. The van der Waals surface area contributed by atoms with Gasteiger partial charge in [0.15, 0.2) is 0 Å². The molecule has 1 rings (SSSR count). The topological polar surface area (TPSA) is 161 Å². The van der Waals surface area contributed by atoms with Crippen molar-refractivity contribution in [2.75, 3.05) is 0 Å². The van der Waals surface area contributed by atoms with Gasteiger partial charge in [-0.05, 0) is 12.8 Å². The summed E-state index contributed by atoms with van der Waals surface area (Å²) in [7, 11) is 0. The number of hydrogen-bond acceptors (Lipinski definition) is 8. The Morgan fingerprint density at radius 1 is 0.556 bits per heavy atom. The molecular formula is C10H8O8-4. The van der Waals surface area contributed by atoms with Gasteiger partial charge in [-0.3, -0.25) is 0 Å². The summed E-state index contributed by atoms with van der Waals surface area (Å²) < 4.78 is 0. The summed E-state index contributed by atoms with van der Waals surface area (Å²) in [5, 5.41) is 42.9. The lowest BCUT2D eigenvalue weighted by atomic mass is 9.68. The molecule has 1 saturated carbocycles. The van der Waals surface area contributed by atoms with Gasteiger partial charge in [-0.1, -0.05) is 0 Å². The van der Waals surface area contributed by atoms with Crippen LogP contribution in [0.25, 0.3) is 0 Å². The fraction of sp³-hybridized carbons (Fsp3) is 0.600. The van der Waals surface area contributed by atoms with Crippen molar-refractivity contribution in [3.05, 3.63) is 0 Å². The molecule has 0 spiro atoms. The van der Waals surface area contributed by atoms with Gasteiger partial charge in [0.2, 0.25) is 0 Å². The maximum Gasteiger partial charge on any atom is 0.0452 e. The van der Waals surface area contributed by atoms with E-state index in [-0.39, 0.29) is 0 Å². The second-order valence-corrected chi connectivity index (χ2v) is 4.17. The number of carbonyl (C=O) groups excluding carboxylic acids is 4. The molecule has 8 nitrogen and oxygen atoms in total. The van der Waals surface area contributed by atoms with E-state index in [0.29, 0.717) is 0 Å². The first-order valence-corrected chi connectivity index (χ1v) is 5.09. The lowest BCUT2D eigenvalue weighted by molar-refractivity contribution is -0.340. The van der Waals surface area contributed by atoms with E-state index < -0.39 is 60.4 Å². The number of hydrogen-bond donors (Lipinski definition) is 0. The molecule has 0 N–H and O–H groups in total. The van der Waals surface area contributed by atoms with Gasteiger partial charge < -0.3 is 39.6 Å². The molecule has 1 fully saturated rings. The standard InChI is InChI=1S/C10H12O8/c11-7(12)3-1-4(8(13)14)6(10(17)18)2-5(3)9(15)16/h3-6H,1-2H2,(H,11,12)(H,13,14)(H,15,16)(H,17,18)/p-4/t3-,4-,5-,6+/m0/s1. The lowest BCUT2D eigenvalue weighted by Gasteiger charge is -2.43. The molecule has 0 aromatic rings. The van der Waals surface area contributed by atoms with Gasteiger partial charge in [0.25, 0.3) is 0 Å². The Bertz CT molecular complexity index is 327. The molecule has 0 bridgehead atoms. The highest BCUT2D eigenvalue weighted by atomic mass is 16.4. The second kappa shape index (κ2) is 5.03. The average Bonchev–Trinajstić information content (AvgIpc) is 2.26. The van der Waals surface area contributed by atoms with Crippen molar-refractivity contribution >= 4 is 23.9 Å².